The van der Waals surface area contributed by atoms with E-state index in [0.29, 0.717) is 34.4 Å². The molecule has 182 valence electrons. The molecule has 1 aliphatic heterocycles. The first kappa shape index (κ1) is 23.5. The summed E-state index contributed by atoms with van der Waals surface area (Å²) in [4.78, 5) is 41.4. The van der Waals surface area contributed by atoms with Crippen molar-refractivity contribution in [2.75, 3.05) is 11.5 Å². The Labute approximate surface area is 209 Å². The molecule has 0 bridgehead atoms. The predicted octanol–water partition coefficient (Wildman–Crippen LogP) is 6.12. The molecule has 5 rings (SSSR count). The maximum Gasteiger partial charge on any atom is 0.338 e. The molecule has 1 amide bonds. The quantitative estimate of drug-likeness (QED) is 0.245. The molecule has 1 atom stereocenters. The van der Waals surface area contributed by atoms with E-state index >= 15 is 0 Å². The fraction of sp³-hybridized carbons (Fsp3) is 0.233. The van der Waals surface area contributed by atoms with E-state index in [1.807, 2.05) is 57.2 Å². The first-order valence-electron chi connectivity index (χ1n) is 12.1. The SMILES string of the molecule is CCCCOC(=O)c1ccc(N2C(=O)c3oc4cc(C)c(C)cc4c(=O)c3C2c2ccccc2)cc1. The number of hydrogen-bond donors (Lipinski definition) is 0. The first-order chi connectivity index (χ1) is 17.4. The molecule has 6 heteroatoms. The molecule has 0 aliphatic carbocycles. The zero-order valence-corrected chi connectivity index (χ0v) is 20.5. The lowest BCUT2D eigenvalue weighted by atomic mass is 9.97. The van der Waals surface area contributed by atoms with Crippen LogP contribution in [0.25, 0.3) is 11.0 Å². The lowest BCUT2D eigenvalue weighted by molar-refractivity contribution is 0.0499. The normalized spacial score (nSPS) is 14.8. The van der Waals surface area contributed by atoms with Crippen molar-refractivity contribution < 1.29 is 18.7 Å². The number of esters is 1. The van der Waals surface area contributed by atoms with Crippen molar-refractivity contribution in [3.63, 3.8) is 0 Å². The number of hydrogen-bond acceptors (Lipinski definition) is 5. The number of nitrogens with zero attached hydrogens (tertiary/aromatic N) is 1. The van der Waals surface area contributed by atoms with E-state index < -0.39 is 17.9 Å². The van der Waals surface area contributed by atoms with Crippen LogP contribution in [-0.2, 0) is 4.74 Å². The largest absolute Gasteiger partial charge is 0.462 e. The highest BCUT2D eigenvalue weighted by Crippen LogP contribution is 2.41. The Kier molecular flexibility index (Phi) is 6.18. The highest BCUT2D eigenvalue weighted by molar-refractivity contribution is 6.10. The van der Waals surface area contributed by atoms with Gasteiger partial charge in [0.1, 0.15) is 5.58 Å². The van der Waals surface area contributed by atoms with Gasteiger partial charge in [-0.2, -0.15) is 0 Å². The van der Waals surface area contributed by atoms with E-state index in [0.717, 1.165) is 29.5 Å². The van der Waals surface area contributed by atoms with Gasteiger partial charge in [-0.25, -0.2) is 4.79 Å². The second kappa shape index (κ2) is 9.46. The van der Waals surface area contributed by atoms with Gasteiger partial charge in [0.2, 0.25) is 5.76 Å². The van der Waals surface area contributed by atoms with Crippen molar-refractivity contribution >= 4 is 28.5 Å². The molecule has 2 heterocycles. The zero-order valence-electron chi connectivity index (χ0n) is 20.5. The van der Waals surface area contributed by atoms with Gasteiger partial charge < -0.3 is 9.15 Å². The number of amides is 1. The molecular weight excluding hydrogens is 454 g/mol. The van der Waals surface area contributed by atoms with E-state index in [4.69, 9.17) is 9.15 Å². The van der Waals surface area contributed by atoms with Crippen LogP contribution in [0.5, 0.6) is 0 Å². The third kappa shape index (κ3) is 3.98. The van der Waals surface area contributed by atoms with E-state index in [-0.39, 0.29) is 11.2 Å². The highest BCUT2D eigenvalue weighted by Gasteiger charge is 2.43. The van der Waals surface area contributed by atoms with Crippen molar-refractivity contribution in [2.45, 2.75) is 39.7 Å². The van der Waals surface area contributed by atoms with Crippen LogP contribution in [-0.4, -0.2) is 18.5 Å². The third-order valence-electron chi connectivity index (χ3n) is 6.71. The number of anilines is 1. The van der Waals surface area contributed by atoms with E-state index in [1.54, 1.807) is 35.2 Å². The molecule has 0 fully saturated rings. The summed E-state index contributed by atoms with van der Waals surface area (Å²) in [5.74, 6) is -0.749. The highest BCUT2D eigenvalue weighted by atomic mass is 16.5. The number of ether oxygens (including phenoxy) is 1. The molecular formula is C30H27NO5. The Morgan fingerprint density at radius 3 is 2.36 bits per heavy atom. The molecule has 1 unspecified atom stereocenters. The van der Waals surface area contributed by atoms with E-state index in [9.17, 15) is 14.4 Å². The van der Waals surface area contributed by atoms with Crippen molar-refractivity contribution in [3.05, 3.63) is 111 Å². The molecule has 0 saturated carbocycles. The lowest BCUT2D eigenvalue weighted by Gasteiger charge is -2.25. The summed E-state index contributed by atoms with van der Waals surface area (Å²) in [6.45, 7) is 6.29. The van der Waals surface area contributed by atoms with Crippen LogP contribution in [0, 0.1) is 13.8 Å². The molecule has 6 nitrogen and oxygen atoms in total. The number of benzene rings is 3. The summed E-state index contributed by atoms with van der Waals surface area (Å²) in [7, 11) is 0. The molecule has 4 aromatic rings. The van der Waals surface area contributed by atoms with E-state index in [1.165, 1.54) is 0 Å². The predicted molar refractivity (Wildman–Crippen MR) is 139 cm³/mol. The fourth-order valence-corrected chi connectivity index (χ4v) is 4.60. The standard InChI is InChI=1S/C30H27NO5/c1-4-5-15-35-30(34)21-11-13-22(14-12-21)31-26(20-9-7-6-8-10-20)25-27(32)23-16-18(2)19(3)17-24(23)36-28(25)29(31)33/h6-14,16-17,26H,4-5,15H2,1-3H3. The topological polar surface area (TPSA) is 76.8 Å². The summed E-state index contributed by atoms with van der Waals surface area (Å²) in [5, 5.41) is 0.456. The summed E-state index contributed by atoms with van der Waals surface area (Å²) in [5.41, 5.74) is 4.22. The Bertz CT molecular complexity index is 1520. The van der Waals surface area contributed by atoms with Crippen LogP contribution < -0.4 is 10.3 Å². The third-order valence-corrected chi connectivity index (χ3v) is 6.71. The van der Waals surface area contributed by atoms with E-state index in [2.05, 4.69) is 0 Å². The minimum absolute atomic E-state index is 0.0488. The number of carbonyl (C=O) groups excluding carboxylic acids is 2. The Morgan fingerprint density at radius 2 is 1.67 bits per heavy atom. The second-order valence-electron chi connectivity index (χ2n) is 9.13. The smallest absolute Gasteiger partial charge is 0.338 e. The van der Waals surface area contributed by atoms with Gasteiger partial charge in [-0.15, -0.1) is 0 Å². The van der Waals surface area contributed by atoms with Gasteiger partial charge in [0, 0.05) is 5.69 Å². The van der Waals surface area contributed by atoms with Crippen LogP contribution in [0.2, 0.25) is 0 Å². The van der Waals surface area contributed by atoms with Crippen molar-refractivity contribution in [1.29, 1.82) is 0 Å². The van der Waals surface area contributed by atoms with Crippen LogP contribution in [0.1, 0.15) is 69.0 Å². The maximum atomic E-state index is 13.8. The van der Waals surface area contributed by atoms with Gasteiger partial charge in [-0.1, -0.05) is 43.7 Å². The van der Waals surface area contributed by atoms with Crippen molar-refractivity contribution in [2.24, 2.45) is 0 Å². The molecule has 1 aromatic heterocycles. The summed E-state index contributed by atoms with van der Waals surface area (Å²) in [6, 6.07) is 19.1. The maximum absolute atomic E-state index is 13.8. The average molecular weight is 482 g/mol. The number of rotatable bonds is 6. The molecule has 36 heavy (non-hydrogen) atoms. The Morgan fingerprint density at radius 1 is 0.972 bits per heavy atom. The molecule has 0 N–H and O–H groups in total. The average Bonchev–Trinajstić information content (AvgIpc) is 3.18. The fourth-order valence-electron chi connectivity index (χ4n) is 4.60. The zero-order chi connectivity index (χ0) is 25.4. The first-order valence-corrected chi connectivity index (χ1v) is 12.1. The van der Waals surface area contributed by atoms with Gasteiger partial charge in [-0.05, 0) is 73.4 Å². The molecule has 1 aliphatic rings. The summed E-state index contributed by atoms with van der Waals surface area (Å²) in [6.07, 6.45) is 1.74. The number of carbonyl (C=O) groups is 2. The van der Waals surface area contributed by atoms with Gasteiger partial charge in [-0.3, -0.25) is 14.5 Å². The summed E-state index contributed by atoms with van der Waals surface area (Å²) >= 11 is 0. The van der Waals surface area contributed by atoms with Crippen LogP contribution in [0.4, 0.5) is 5.69 Å². The van der Waals surface area contributed by atoms with Crippen LogP contribution >= 0.6 is 0 Å². The minimum Gasteiger partial charge on any atom is -0.462 e. The number of aryl methyl sites for hydroxylation is 2. The van der Waals surface area contributed by atoms with Crippen molar-refractivity contribution in [1.82, 2.24) is 0 Å². The lowest BCUT2D eigenvalue weighted by Crippen LogP contribution is -2.29. The van der Waals surface area contributed by atoms with Gasteiger partial charge in [0.25, 0.3) is 5.91 Å². The molecule has 3 aromatic carbocycles. The second-order valence-corrected chi connectivity index (χ2v) is 9.13. The minimum atomic E-state index is -0.654. The van der Waals surface area contributed by atoms with Crippen LogP contribution in [0.15, 0.2) is 75.9 Å². The molecule has 0 saturated heterocycles. The summed E-state index contributed by atoms with van der Waals surface area (Å²) < 4.78 is 11.4. The number of unbranched alkanes of at least 4 members (excludes halogenated alkanes) is 1. The monoisotopic (exact) mass is 481 g/mol. The molecule has 0 radical (unpaired) electrons. The molecule has 0 spiro atoms. The Hall–Kier alpha value is -4.19. The van der Waals surface area contributed by atoms with Gasteiger partial charge in [0.15, 0.2) is 5.43 Å². The Balaban J connectivity index is 1.62. The van der Waals surface area contributed by atoms with Crippen LogP contribution in [0.3, 0.4) is 0 Å². The van der Waals surface area contributed by atoms with Gasteiger partial charge in [0.05, 0.1) is 29.2 Å². The van der Waals surface area contributed by atoms with Crippen molar-refractivity contribution in [3.8, 4) is 0 Å². The number of fused-ring (bicyclic) bond motifs is 2. The van der Waals surface area contributed by atoms with Gasteiger partial charge >= 0.3 is 5.97 Å².